The summed E-state index contributed by atoms with van der Waals surface area (Å²) in [6.07, 6.45) is -6.57. The van der Waals surface area contributed by atoms with Crippen LogP contribution in [0.25, 0.3) is 0 Å². The number of aliphatic hydroxyl groups excluding tert-OH is 1. The summed E-state index contributed by atoms with van der Waals surface area (Å²) in [6, 6.07) is 12.0. The summed E-state index contributed by atoms with van der Waals surface area (Å²) >= 11 is 0. The molecule has 0 aromatic heterocycles. The summed E-state index contributed by atoms with van der Waals surface area (Å²) < 4.78 is 41.2. The third-order valence-corrected chi connectivity index (χ3v) is 4.43. The van der Waals surface area contributed by atoms with Gasteiger partial charge in [-0.25, -0.2) is 4.79 Å². The zero-order chi connectivity index (χ0) is 22.5. The fraction of sp³-hybridized carbons (Fsp3) is 0.300. The Morgan fingerprint density at radius 2 is 1.77 bits per heavy atom. The van der Waals surface area contributed by atoms with Crippen LogP contribution in [-0.4, -0.2) is 40.6 Å². The van der Waals surface area contributed by atoms with Crippen LogP contribution in [0.15, 0.2) is 54.6 Å². The van der Waals surface area contributed by atoms with E-state index in [1.54, 1.807) is 30.3 Å². The molecule has 3 atom stereocenters. The molecule has 2 aromatic rings. The van der Waals surface area contributed by atoms with Gasteiger partial charge in [-0.05, 0) is 36.6 Å². The summed E-state index contributed by atoms with van der Waals surface area (Å²) in [7, 11) is 0. The molecule has 1 amide bonds. The van der Waals surface area contributed by atoms with E-state index in [4.69, 9.17) is 5.73 Å². The topological polar surface area (TPSA) is 122 Å². The highest BCUT2D eigenvalue weighted by Gasteiger charge is 2.40. The Hall–Kier alpha value is -3.11. The smallest absolute Gasteiger partial charge is 0.479 e. The van der Waals surface area contributed by atoms with Gasteiger partial charge in [0, 0.05) is 6.04 Å². The number of carbonyl (C=O) groups is 2. The van der Waals surface area contributed by atoms with Crippen LogP contribution in [0, 0.1) is 0 Å². The lowest BCUT2D eigenvalue weighted by molar-refractivity contribution is -0.274. The number of hydrogen-bond acceptors (Lipinski definition) is 5. The second-order valence-corrected chi connectivity index (χ2v) is 6.79. The van der Waals surface area contributed by atoms with Crippen LogP contribution < -0.4 is 15.8 Å². The molecular formula is C20H21F3N2O5. The monoisotopic (exact) mass is 426 g/mol. The van der Waals surface area contributed by atoms with Gasteiger partial charge < -0.3 is 26.0 Å². The summed E-state index contributed by atoms with van der Waals surface area (Å²) in [4.78, 5) is 24.3. The molecule has 0 fully saturated rings. The number of carboxylic acids is 1. The lowest BCUT2D eigenvalue weighted by Crippen LogP contribution is -2.56. The van der Waals surface area contributed by atoms with Gasteiger partial charge in [-0.3, -0.25) is 4.79 Å². The van der Waals surface area contributed by atoms with Crippen molar-refractivity contribution in [2.45, 2.75) is 37.4 Å². The highest BCUT2D eigenvalue weighted by molar-refractivity contribution is 5.90. The number of aliphatic carboxylic acids is 1. The van der Waals surface area contributed by atoms with Crippen LogP contribution in [0.4, 0.5) is 13.2 Å². The standard InChI is InChI=1S/C20H21F3N2O5/c1-19(18(28)29,13-8-5-9-14(11-13)30-20(21,22)23)25-17(27)16(26)15(24)10-12-6-3-2-4-7-12/h2-9,11,15-16,26H,10,24H2,1H3,(H,25,27)(H,28,29)/t15-,16+,19+/m1/s1. The molecule has 2 rings (SSSR count). The lowest BCUT2D eigenvalue weighted by Gasteiger charge is -2.29. The number of amides is 1. The van der Waals surface area contributed by atoms with Crippen LogP contribution in [0.1, 0.15) is 18.1 Å². The van der Waals surface area contributed by atoms with Crippen LogP contribution >= 0.6 is 0 Å². The van der Waals surface area contributed by atoms with E-state index in [1.165, 1.54) is 6.07 Å². The summed E-state index contributed by atoms with van der Waals surface area (Å²) in [5.74, 6) is -3.28. The van der Waals surface area contributed by atoms with Crippen LogP contribution in [0.3, 0.4) is 0 Å². The third-order valence-electron chi connectivity index (χ3n) is 4.43. The first-order valence-corrected chi connectivity index (χ1v) is 8.81. The molecule has 0 heterocycles. The van der Waals surface area contributed by atoms with Crippen molar-refractivity contribution in [3.63, 3.8) is 0 Å². The number of nitrogens with one attached hydrogen (secondary N) is 1. The van der Waals surface area contributed by atoms with Crippen molar-refractivity contribution in [3.05, 3.63) is 65.7 Å². The van der Waals surface area contributed by atoms with E-state index in [0.29, 0.717) is 0 Å². The number of aliphatic hydroxyl groups is 1. The summed E-state index contributed by atoms with van der Waals surface area (Å²) in [5.41, 5.74) is 4.30. The Labute approximate surface area is 170 Å². The summed E-state index contributed by atoms with van der Waals surface area (Å²) in [6.45, 7) is 1.08. The van der Waals surface area contributed by atoms with Crippen LogP contribution in [0.2, 0.25) is 0 Å². The molecule has 162 valence electrons. The largest absolute Gasteiger partial charge is 0.573 e. The number of halogens is 3. The van der Waals surface area contributed by atoms with E-state index in [9.17, 15) is 33.0 Å². The molecule has 0 radical (unpaired) electrons. The molecule has 7 nitrogen and oxygen atoms in total. The van der Waals surface area contributed by atoms with E-state index >= 15 is 0 Å². The highest BCUT2D eigenvalue weighted by atomic mass is 19.4. The first-order valence-electron chi connectivity index (χ1n) is 8.81. The van der Waals surface area contributed by atoms with Crippen molar-refractivity contribution in [1.82, 2.24) is 5.32 Å². The molecule has 0 aliphatic carbocycles. The molecule has 0 aliphatic heterocycles. The molecule has 30 heavy (non-hydrogen) atoms. The van der Waals surface area contributed by atoms with Gasteiger partial charge in [-0.2, -0.15) is 0 Å². The predicted molar refractivity (Wildman–Crippen MR) is 100 cm³/mol. The zero-order valence-corrected chi connectivity index (χ0v) is 15.9. The fourth-order valence-electron chi connectivity index (χ4n) is 2.77. The van der Waals surface area contributed by atoms with Crippen molar-refractivity contribution in [2.75, 3.05) is 0 Å². The number of hydrogen-bond donors (Lipinski definition) is 4. The molecule has 0 aliphatic rings. The molecule has 5 N–H and O–H groups in total. The van der Waals surface area contributed by atoms with Crippen molar-refractivity contribution >= 4 is 11.9 Å². The van der Waals surface area contributed by atoms with Gasteiger partial charge in [0.1, 0.15) is 11.9 Å². The van der Waals surface area contributed by atoms with Gasteiger partial charge >= 0.3 is 12.3 Å². The van der Waals surface area contributed by atoms with E-state index in [2.05, 4.69) is 10.1 Å². The number of benzene rings is 2. The zero-order valence-electron chi connectivity index (χ0n) is 15.9. The molecule has 2 aromatic carbocycles. The number of alkyl halides is 3. The lowest BCUT2D eigenvalue weighted by atomic mass is 9.91. The maximum absolute atomic E-state index is 12.5. The number of carboxylic acid groups (broad SMARTS) is 1. The Morgan fingerprint density at radius 1 is 1.13 bits per heavy atom. The number of carbonyl (C=O) groups excluding carboxylic acids is 1. The first-order chi connectivity index (χ1) is 13.9. The molecule has 0 saturated carbocycles. The van der Waals surface area contributed by atoms with Gasteiger partial charge in [0.25, 0.3) is 5.91 Å². The quantitative estimate of drug-likeness (QED) is 0.512. The van der Waals surface area contributed by atoms with E-state index in [0.717, 1.165) is 30.7 Å². The highest BCUT2D eigenvalue weighted by Crippen LogP contribution is 2.28. The van der Waals surface area contributed by atoms with Gasteiger partial charge in [0.2, 0.25) is 0 Å². The van der Waals surface area contributed by atoms with Gasteiger partial charge in [0.15, 0.2) is 5.54 Å². The average Bonchev–Trinajstić information content (AvgIpc) is 2.66. The Morgan fingerprint density at radius 3 is 2.33 bits per heavy atom. The van der Waals surface area contributed by atoms with Gasteiger partial charge in [0.05, 0.1) is 0 Å². The normalized spacial score (nSPS) is 15.5. The van der Waals surface area contributed by atoms with Crippen molar-refractivity contribution in [1.29, 1.82) is 0 Å². The maximum Gasteiger partial charge on any atom is 0.573 e. The second-order valence-electron chi connectivity index (χ2n) is 6.79. The summed E-state index contributed by atoms with van der Waals surface area (Å²) in [5, 5.41) is 22.0. The fourth-order valence-corrected chi connectivity index (χ4v) is 2.77. The average molecular weight is 426 g/mol. The number of ether oxygens (including phenoxy) is 1. The first kappa shape index (κ1) is 23.2. The van der Waals surface area contributed by atoms with Crippen molar-refractivity contribution in [2.24, 2.45) is 5.73 Å². The SMILES string of the molecule is C[C@@](NC(=O)[C@@H](O)[C@H](N)Cc1ccccc1)(C(=O)O)c1cccc(OC(F)(F)F)c1. The third kappa shape index (κ3) is 5.94. The van der Waals surface area contributed by atoms with E-state index in [-0.39, 0.29) is 12.0 Å². The Balaban J connectivity index is 2.20. The Kier molecular flexibility index (Phi) is 7.06. The molecule has 0 unspecified atom stereocenters. The predicted octanol–water partition coefficient (Wildman–Crippen LogP) is 1.93. The minimum absolute atomic E-state index is 0.147. The molecule has 0 saturated heterocycles. The van der Waals surface area contributed by atoms with Crippen LogP contribution in [-0.2, 0) is 21.5 Å². The van der Waals surface area contributed by atoms with E-state index in [1.807, 2.05) is 0 Å². The molecular weight excluding hydrogens is 405 g/mol. The molecule has 0 spiro atoms. The minimum atomic E-state index is -4.97. The van der Waals surface area contributed by atoms with Crippen LogP contribution in [0.5, 0.6) is 5.75 Å². The van der Waals surface area contributed by atoms with Crippen molar-refractivity contribution < 1.29 is 37.7 Å². The van der Waals surface area contributed by atoms with E-state index < -0.39 is 41.7 Å². The minimum Gasteiger partial charge on any atom is -0.479 e. The molecule has 10 heteroatoms. The number of rotatable bonds is 8. The molecule has 0 bridgehead atoms. The number of nitrogens with two attached hydrogens (primary N) is 1. The van der Waals surface area contributed by atoms with Crippen molar-refractivity contribution in [3.8, 4) is 5.75 Å². The van der Waals surface area contributed by atoms with Gasteiger partial charge in [-0.15, -0.1) is 13.2 Å². The second kappa shape index (κ2) is 9.14. The Bertz CT molecular complexity index is 892. The maximum atomic E-state index is 12.5. The van der Waals surface area contributed by atoms with Gasteiger partial charge in [-0.1, -0.05) is 42.5 Å².